The zero-order chi connectivity index (χ0) is 44.3. The van der Waals surface area contributed by atoms with Gasteiger partial charge in [-0.3, -0.25) is 4.40 Å². The molecular weight excluding hydrogens is 713 g/mol. The molecule has 7 aromatic carbocycles. The van der Waals surface area contributed by atoms with Crippen molar-refractivity contribution in [1.82, 2.24) is 9.38 Å². The molecule has 2 aromatic heterocycles. The van der Waals surface area contributed by atoms with E-state index >= 15 is 0 Å². The average Bonchev–Trinajstić information content (AvgIpc) is 3.80. The normalized spacial score (nSPS) is 17.5. The lowest BCUT2D eigenvalue weighted by Crippen LogP contribution is -2.64. The van der Waals surface area contributed by atoms with Crippen LogP contribution in [0.2, 0.25) is 6.55 Å². The Labute approximate surface area is 343 Å². The van der Waals surface area contributed by atoms with Crippen LogP contribution in [0, 0.1) is 13.7 Å². The fourth-order valence-corrected chi connectivity index (χ4v) is 12.6. The van der Waals surface area contributed by atoms with E-state index in [2.05, 4.69) is 64.6 Å². The molecule has 1 aliphatic heterocycles. The summed E-state index contributed by atoms with van der Waals surface area (Å²) in [6.45, 7) is 6.29. The lowest BCUT2D eigenvalue weighted by Gasteiger charge is -2.41. The van der Waals surface area contributed by atoms with Crippen LogP contribution in [0.3, 0.4) is 0 Å². The molecule has 1 atom stereocenters. The predicted molar refractivity (Wildman–Crippen MR) is 239 cm³/mol. The number of oxazole rings is 1. The third kappa shape index (κ3) is 5.15. The SMILES string of the molecule is [2H]C([2H])([2H])c1ccc([Si](C)(c2ccccc2)c2ccc(C([2H])([2H])[2H])c(-c3cccc4c3oc3nc5ccccc5n34)c2)cc1-c1cccc2c1Oc1ccccc1C(C)(C)C2(C)C. The van der Waals surface area contributed by atoms with Gasteiger partial charge in [0.15, 0.2) is 5.58 Å². The highest BCUT2D eigenvalue weighted by atomic mass is 28.3. The quantitative estimate of drug-likeness (QED) is 0.129. The molecule has 57 heavy (non-hydrogen) atoms. The Balaban J connectivity index is 1.23. The fourth-order valence-electron chi connectivity index (χ4n) is 9.05. The summed E-state index contributed by atoms with van der Waals surface area (Å²) in [5, 5.41) is 2.98. The van der Waals surface area contributed by atoms with Crippen molar-refractivity contribution in [3.63, 3.8) is 0 Å². The van der Waals surface area contributed by atoms with Gasteiger partial charge < -0.3 is 9.15 Å². The van der Waals surface area contributed by atoms with Crippen molar-refractivity contribution in [3.8, 4) is 33.8 Å². The Morgan fingerprint density at radius 2 is 1.16 bits per heavy atom. The van der Waals surface area contributed by atoms with E-state index < -0.39 is 27.2 Å². The van der Waals surface area contributed by atoms with Crippen LogP contribution in [0.15, 0.2) is 156 Å². The number of benzene rings is 7. The average molecular weight is 765 g/mol. The maximum atomic E-state index is 8.84. The summed E-state index contributed by atoms with van der Waals surface area (Å²) >= 11 is 0. The summed E-state index contributed by atoms with van der Waals surface area (Å²) in [6, 6.07) is 49.6. The van der Waals surface area contributed by atoms with Crippen LogP contribution in [0.5, 0.6) is 11.5 Å². The van der Waals surface area contributed by atoms with Crippen LogP contribution < -0.4 is 20.3 Å². The van der Waals surface area contributed by atoms with Gasteiger partial charge in [-0.25, -0.2) is 0 Å². The monoisotopic (exact) mass is 764 g/mol. The number of aryl methyl sites for hydroxylation is 2. The molecule has 9 aromatic rings. The first-order valence-electron chi connectivity index (χ1n) is 22.5. The lowest BCUT2D eigenvalue weighted by atomic mass is 9.61. The summed E-state index contributed by atoms with van der Waals surface area (Å²) < 4.78 is 68.2. The second-order valence-corrected chi connectivity index (χ2v) is 20.5. The molecule has 4 nitrogen and oxygen atoms in total. The molecule has 0 saturated heterocycles. The van der Waals surface area contributed by atoms with Crippen LogP contribution in [0.25, 0.3) is 50.2 Å². The van der Waals surface area contributed by atoms with Gasteiger partial charge in [0.2, 0.25) is 0 Å². The first kappa shape index (κ1) is 29.1. The Bertz CT molecular complexity index is 3270. The van der Waals surface area contributed by atoms with E-state index in [9.17, 15) is 0 Å². The molecule has 280 valence electrons. The highest BCUT2D eigenvalue weighted by molar-refractivity contribution is 7.10. The second-order valence-electron chi connectivity index (χ2n) is 16.5. The van der Waals surface area contributed by atoms with Crippen LogP contribution in [-0.4, -0.2) is 17.5 Å². The molecule has 1 aliphatic rings. The summed E-state index contributed by atoms with van der Waals surface area (Å²) in [6.07, 6.45) is 0. The number of hydrogen-bond donors (Lipinski definition) is 0. The van der Waals surface area contributed by atoms with E-state index in [0.29, 0.717) is 39.4 Å². The van der Waals surface area contributed by atoms with Gasteiger partial charge in [-0.1, -0.05) is 162 Å². The van der Waals surface area contributed by atoms with E-state index in [1.54, 1.807) is 12.1 Å². The van der Waals surface area contributed by atoms with Crippen LogP contribution in [-0.2, 0) is 10.8 Å². The molecule has 0 N–H and O–H groups in total. The highest BCUT2D eigenvalue weighted by Crippen LogP contribution is 2.55. The molecule has 1 unspecified atom stereocenters. The number of para-hydroxylation sites is 5. The lowest BCUT2D eigenvalue weighted by molar-refractivity contribution is 0.306. The molecule has 10 rings (SSSR count). The molecular formula is C52H46N2O2Si. The number of imidazole rings is 1. The van der Waals surface area contributed by atoms with Gasteiger partial charge in [0.05, 0.1) is 16.6 Å². The molecule has 0 radical (unpaired) electrons. The molecule has 0 bridgehead atoms. The Morgan fingerprint density at radius 1 is 0.561 bits per heavy atom. The van der Waals surface area contributed by atoms with E-state index in [4.69, 9.17) is 22.4 Å². The van der Waals surface area contributed by atoms with Crippen LogP contribution in [0.1, 0.15) is 58.2 Å². The third-order valence-corrected chi connectivity index (χ3v) is 17.5. The first-order chi connectivity index (χ1) is 29.9. The van der Waals surface area contributed by atoms with Crippen LogP contribution in [0.4, 0.5) is 0 Å². The van der Waals surface area contributed by atoms with Crippen molar-refractivity contribution in [3.05, 3.63) is 174 Å². The maximum absolute atomic E-state index is 8.84. The molecule has 3 heterocycles. The van der Waals surface area contributed by atoms with E-state index in [-0.39, 0.29) is 16.5 Å². The zero-order valence-electron chi connectivity index (χ0n) is 38.6. The van der Waals surface area contributed by atoms with Gasteiger partial charge in [-0.05, 0) is 75.8 Å². The Morgan fingerprint density at radius 3 is 1.91 bits per heavy atom. The summed E-state index contributed by atoms with van der Waals surface area (Å²) in [4.78, 5) is 4.75. The predicted octanol–water partition coefficient (Wildman–Crippen LogP) is 11.6. The number of rotatable bonds is 5. The van der Waals surface area contributed by atoms with Crippen molar-refractivity contribution in [1.29, 1.82) is 0 Å². The third-order valence-electron chi connectivity index (χ3n) is 13.1. The summed E-state index contributed by atoms with van der Waals surface area (Å²) in [5.74, 6) is 1.81. The van der Waals surface area contributed by atoms with Crippen molar-refractivity contribution in [2.24, 2.45) is 0 Å². The highest BCUT2D eigenvalue weighted by Gasteiger charge is 2.46. The van der Waals surface area contributed by atoms with Gasteiger partial charge in [0, 0.05) is 41.3 Å². The molecule has 0 fully saturated rings. The fraction of sp³-hybridized carbons (Fsp3) is 0.173. The van der Waals surface area contributed by atoms with E-state index in [0.717, 1.165) is 49.0 Å². The number of nitrogens with zero attached hydrogens (tertiary/aromatic N) is 2. The van der Waals surface area contributed by atoms with Gasteiger partial charge in [-0.15, -0.1) is 0 Å². The Hall–Kier alpha value is -6.17. The van der Waals surface area contributed by atoms with Gasteiger partial charge in [0.1, 0.15) is 19.6 Å². The summed E-state index contributed by atoms with van der Waals surface area (Å²) in [5.41, 5.74) is 7.23. The molecule has 0 spiro atoms. The summed E-state index contributed by atoms with van der Waals surface area (Å²) in [7, 11) is -3.10. The molecule has 0 saturated carbocycles. The Kier molecular flexibility index (Phi) is 6.47. The zero-order valence-corrected chi connectivity index (χ0v) is 33.6. The van der Waals surface area contributed by atoms with E-state index in [1.807, 2.05) is 114 Å². The molecule has 5 heteroatoms. The van der Waals surface area contributed by atoms with Crippen molar-refractivity contribution in [2.75, 3.05) is 0 Å². The minimum atomic E-state index is -3.10. The largest absolute Gasteiger partial charge is 0.456 e. The van der Waals surface area contributed by atoms with Crippen molar-refractivity contribution in [2.45, 2.75) is 58.8 Å². The van der Waals surface area contributed by atoms with Gasteiger partial charge in [0.25, 0.3) is 0 Å². The number of aromatic nitrogens is 2. The van der Waals surface area contributed by atoms with Crippen molar-refractivity contribution >= 4 is 51.6 Å². The number of ether oxygens (including phenoxy) is 1. The van der Waals surface area contributed by atoms with Crippen LogP contribution >= 0.6 is 0 Å². The smallest absolute Gasteiger partial charge is 0.307 e. The second kappa shape index (κ2) is 12.7. The maximum Gasteiger partial charge on any atom is 0.307 e. The van der Waals surface area contributed by atoms with E-state index in [1.165, 1.54) is 0 Å². The minimum Gasteiger partial charge on any atom is -0.456 e. The topological polar surface area (TPSA) is 39.7 Å². The van der Waals surface area contributed by atoms with Gasteiger partial charge in [-0.2, -0.15) is 4.98 Å². The number of fused-ring (bicyclic) bond motifs is 7. The van der Waals surface area contributed by atoms with Gasteiger partial charge >= 0.3 is 5.84 Å². The minimum absolute atomic E-state index is 0.204. The standard InChI is InChI=1S/C52H46N2O2Si/c1-33-27-29-36(31-40(33)38-19-15-22-43-48(38)55-47-26-14-11-21-42(47)51(3,4)52(43,5)6)57(7,35-17-9-8-10-18-35)37-30-28-34(2)41(32-37)39-20-16-25-46-49(39)56-50-53-44-23-12-13-24-45(44)54(46)50/h8-32H,1-7H3/i1D3,2D3. The number of hydrogen-bond acceptors (Lipinski definition) is 3. The van der Waals surface area contributed by atoms with Crippen molar-refractivity contribution < 1.29 is 17.4 Å². The first-order valence-corrected chi connectivity index (χ1v) is 22.0. The molecule has 0 aliphatic carbocycles. The molecule has 0 amide bonds.